The third kappa shape index (κ3) is 4.22. The van der Waals surface area contributed by atoms with Gasteiger partial charge in [0.05, 0.1) is 7.11 Å². The lowest BCUT2D eigenvalue weighted by Gasteiger charge is -2.36. The van der Waals surface area contributed by atoms with Crippen LogP contribution in [0.15, 0.2) is 0 Å². The van der Waals surface area contributed by atoms with Crippen LogP contribution in [0.2, 0.25) is 0 Å². The number of hydrogen-bond acceptors (Lipinski definition) is 3. The summed E-state index contributed by atoms with van der Waals surface area (Å²) in [5.74, 6) is 1.13. The van der Waals surface area contributed by atoms with E-state index in [2.05, 4.69) is 30.8 Å². The maximum atomic E-state index is 12.4. The van der Waals surface area contributed by atoms with Gasteiger partial charge in [-0.25, -0.2) is 4.79 Å². The largest absolute Gasteiger partial charge is 0.467 e. The topological polar surface area (TPSA) is 55.4 Å². The number of carbonyl (C=O) groups is 2. The highest BCUT2D eigenvalue weighted by atomic mass is 16.5. The zero-order valence-corrected chi connectivity index (χ0v) is 12.7. The zero-order chi connectivity index (χ0) is 14.6. The molecule has 0 spiro atoms. The lowest BCUT2D eigenvalue weighted by molar-refractivity contribution is -0.145. The molecule has 1 aliphatic rings. The Hall–Kier alpha value is -1.06. The third-order valence-corrected chi connectivity index (χ3v) is 4.27. The van der Waals surface area contributed by atoms with Crippen LogP contribution in [0.5, 0.6) is 0 Å². The molecule has 1 unspecified atom stereocenters. The van der Waals surface area contributed by atoms with E-state index in [1.54, 1.807) is 6.92 Å². The Morgan fingerprint density at radius 2 is 1.84 bits per heavy atom. The minimum Gasteiger partial charge on any atom is -0.467 e. The first-order valence-corrected chi connectivity index (χ1v) is 7.25. The first-order chi connectivity index (χ1) is 8.86. The van der Waals surface area contributed by atoms with E-state index in [4.69, 9.17) is 0 Å². The highest BCUT2D eigenvalue weighted by Gasteiger charge is 2.36. The molecular formula is C15H27NO3. The number of methoxy groups -OCH3 is 1. The smallest absolute Gasteiger partial charge is 0.328 e. The quantitative estimate of drug-likeness (QED) is 0.797. The lowest BCUT2D eigenvalue weighted by atomic mass is 9.69. The molecule has 0 aliphatic heterocycles. The number of rotatable bonds is 4. The van der Waals surface area contributed by atoms with Crippen LogP contribution in [0, 0.1) is 23.7 Å². The molecule has 0 heterocycles. The molecule has 1 amide bonds. The van der Waals surface area contributed by atoms with Crippen LogP contribution in [0.1, 0.15) is 47.0 Å². The molecule has 4 atom stereocenters. The fourth-order valence-electron chi connectivity index (χ4n) is 3.06. The minimum absolute atomic E-state index is 0.00292. The Morgan fingerprint density at radius 1 is 1.21 bits per heavy atom. The van der Waals surface area contributed by atoms with Crippen LogP contribution in [0.4, 0.5) is 0 Å². The average Bonchev–Trinajstić information content (AvgIpc) is 2.36. The average molecular weight is 269 g/mol. The number of esters is 1. The second-order valence-corrected chi connectivity index (χ2v) is 6.19. The fraction of sp³-hybridized carbons (Fsp3) is 0.867. The van der Waals surface area contributed by atoms with Gasteiger partial charge >= 0.3 is 5.97 Å². The predicted molar refractivity (Wildman–Crippen MR) is 74.5 cm³/mol. The summed E-state index contributed by atoms with van der Waals surface area (Å²) in [6.45, 7) is 8.20. The van der Waals surface area contributed by atoms with Gasteiger partial charge in [0.2, 0.25) is 5.91 Å². The molecule has 110 valence electrons. The van der Waals surface area contributed by atoms with Gasteiger partial charge in [0, 0.05) is 5.92 Å². The highest BCUT2D eigenvalue weighted by Crippen LogP contribution is 2.38. The van der Waals surface area contributed by atoms with Crippen molar-refractivity contribution in [3.8, 4) is 0 Å². The summed E-state index contributed by atoms with van der Waals surface area (Å²) in [7, 11) is 1.34. The maximum Gasteiger partial charge on any atom is 0.328 e. The van der Waals surface area contributed by atoms with Crippen molar-refractivity contribution in [2.75, 3.05) is 7.11 Å². The molecule has 19 heavy (non-hydrogen) atoms. The first-order valence-electron chi connectivity index (χ1n) is 7.25. The summed E-state index contributed by atoms with van der Waals surface area (Å²) in [6.07, 6.45) is 3.21. The maximum absolute atomic E-state index is 12.4. The zero-order valence-electron chi connectivity index (χ0n) is 12.7. The molecule has 1 N–H and O–H groups in total. The van der Waals surface area contributed by atoms with Crippen molar-refractivity contribution < 1.29 is 14.3 Å². The molecule has 0 aromatic rings. The van der Waals surface area contributed by atoms with Crippen molar-refractivity contribution in [1.82, 2.24) is 5.32 Å². The Kier molecular flexibility index (Phi) is 5.83. The van der Waals surface area contributed by atoms with Crippen molar-refractivity contribution in [2.24, 2.45) is 23.7 Å². The van der Waals surface area contributed by atoms with Crippen LogP contribution in [-0.4, -0.2) is 25.0 Å². The Balaban J connectivity index is 2.68. The number of carbonyl (C=O) groups excluding carboxylic acids is 2. The predicted octanol–water partition coefficient (Wildman–Crippen LogP) is 2.37. The third-order valence-electron chi connectivity index (χ3n) is 4.27. The van der Waals surface area contributed by atoms with E-state index in [0.717, 1.165) is 12.8 Å². The highest BCUT2D eigenvalue weighted by molar-refractivity contribution is 5.85. The van der Waals surface area contributed by atoms with Crippen molar-refractivity contribution in [3.05, 3.63) is 0 Å². The van der Waals surface area contributed by atoms with E-state index in [0.29, 0.717) is 17.8 Å². The molecule has 0 radical (unpaired) electrons. The van der Waals surface area contributed by atoms with E-state index in [-0.39, 0.29) is 11.8 Å². The molecule has 4 nitrogen and oxygen atoms in total. The van der Waals surface area contributed by atoms with Crippen molar-refractivity contribution in [2.45, 2.75) is 53.0 Å². The molecule has 0 saturated heterocycles. The van der Waals surface area contributed by atoms with Gasteiger partial charge in [0.25, 0.3) is 0 Å². The molecule has 1 rings (SSSR count). The monoisotopic (exact) mass is 269 g/mol. The van der Waals surface area contributed by atoms with Crippen LogP contribution in [0.3, 0.4) is 0 Å². The summed E-state index contributed by atoms with van der Waals surface area (Å²) in [6, 6.07) is -0.567. The van der Waals surface area contributed by atoms with Crippen molar-refractivity contribution in [1.29, 1.82) is 0 Å². The molecule has 0 aromatic heterocycles. The molecular weight excluding hydrogens is 242 g/mol. The number of nitrogens with one attached hydrogen (secondary N) is 1. The Morgan fingerprint density at radius 3 is 2.37 bits per heavy atom. The summed E-state index contributed by atoms with van der Waals surface area (Å²) in [4.78, 5) is 23.7. The van der Waals surface area contributed by atoms with Gasteiger partial charge in [-0.15, -0.1) is 0 Å². The van der Waals surface area contributed by atoms with Gasteiger partial charge in [-0.3, -0.25) is 4.79 Å². The van der Waals surface area contributed by atoms with Crippen molar-refractivity contribution in [3.63, 3.8) is 0 Å². The van der Waals surface area contributed by atoms with Gasteiger partial charge in [0.15, 0.2) is 0 Å². The van der Waals surface area contributed by atoms with E-state index in [9.17, 15) is 9.59 Å². The van der Waals surface area contributed by atoms with Crippen LogP contribution < -0.4 is 5.32 Å². The summed E-state index contributed by atoms with van der Waals surface area (Å²) >= 11 is 0. The van der Waals surface area contributed by atoms with Gasteiger partial charge in [-0.05, 0) is 37.5 Å². The van der Waals surface area contributed by atoms with Gasteiger partial charge < -0.3 is 10.1 Å². The molecule has 0 aromatic carbocycles. The van der Waals surface area contributed by atoms with Crippen LogP contribution >= 0.6 is 0 Å². The number of ether oxygens (including phenoxy) is 1. The van der Waals surface area contributed by atoms with E-state index < -0.39 is 12.0 Å². The second kappa shape index (κ2) is 6.92. The van der Waals surface area contributed by atoms with Crippen LogP contribution in [-0.2, 0) is 14.3 Å². The van der Waals surface area contributed by atoms with E-state index in [1.165, 1.54) is 13.5 Å². The normalized spacial score (nSPS) is 28.8. The SMILES string of the molecule is COC(=O)[C@@H](C)NC(=O)[C@@H]1C[C@H](C)CCC1C(C)C. The summed E-state index contributed by atoms with van der Waals surface area (Å²) in [5, 5.41) is 2.79. The standard InChI is InChI=1S/C15H27NO3/c1-9(2)12-7-6-10(3)8-13(12)14(17)16-11(4)15(18)19-5/h9-13H,6-8H2,1-5H3,(H,16,17)/t10-,11-,12?,13-/m1/s1. The first kappa shape index (κ1) is 16.0. The number of hydrogen-bond donors (Lipinski definition) is 1. The molecule has 0 bridgehead atoms. The van der Waals surface area contributed by atoms with E-state index in [1.807, 2.05) is 0 Å². The molecule has 1 saturated carbocycles. The molecule has 1 aliphatic carbocycles. The number of amides is 1. The lowest BCUT2D eigenvalue weighted by Crippen LogP contribution is -2.46. The van der Waals surface area contributed by atoms with Gasteiger partial charge in [-0.1, -0.05) is 27.2 Å². The fourth-order valence-corrected chi connectivity index (χ4v) is 3.06. The Labute approximate surface area is 116 Å². The second-order valence-electron chi connectivity index (χ2n) is 6.19. The van der Waals surface area contributed by atoms with Gasteiger partial charge in [0.1, 0.15) is 6.04 Å². The van der Waals surface area contributed by atoms with Crippen LogP contribution in [0.25, 0.3) is 0 Å². The summed E-state index contributed by atoms with van der Waals surface area (Å²) < 4.78 is 4.64. The van der Waals surface area contributed by atoms with Gasteiger partial charge in [-0.2, -0.15) is 0 Å². The molecule has 1 fully saturated rings. The van der Waals surface area contributed by atoms with Crippen molar-refractivity contribution >= 4 is 11.9 Å². The Bertz CT molecular complexity index is 327. The summed E-state index contributed by atoms with van der Waals surface area (Å²) in [5.41, 5.74) is 0. The molecule has 4 heteroatoms. The minimum atomic E-state index is -0.567. The van der Waals surface area contributed by atoms with E-state index >= 15 is 0 Å².